The first-order chi connectivity index (χ1) is 14.9. The van der Waals surface area contributed by atoms with Gasteiger partial charge in [0.15, 0.2) is 0 Å². The Bertz CT molecular complexity index is 1060. The van der Waals surface area contributed by atoms with E-state index >= 15 is 0 Å². The molecule has 31 heavy (non-hydrogen) atoms. The quantitative estimate of drug-likeness (QED) is 0.495. The summed E-state index contributed by atoms with van der Waals surface area (Å²) in [6.45, 7) is 0.278. The molecule has 1 aromatic carbocycles. The molecule has 0 aliphatic carbocycles. The summed E-state index contributed by atoms with van der Waals surface area (Å²) >= 11 is 7.33. The fourth-order valence-electron chi connectivity index (χ4n) is 2.66. The summed E-state index contributed by atoms with van der Waals surface area (Å²) in [4.78, 5) is 35.0. The van der Waals surface area contributed by atoms with Gasteiger partial charge in [0.25, 0.3) is 5.91 Å². The fourth-order valence-corrected chi connectivity index (χ4v) is 3.72. The van der Waals surface area contributed by atoms with Gasteiger partial charge in [-0.1, -0.05) is 11.6 Å². The minimum atomic E-state index is -0.246. The second-order valence-corrected chi connectivity index (χ2v) is 8.34. The summed E-state index contributed by atoms with van der Waals surface area (Å²) in [5.74, 6) is 0.682. The lowest BCUT2D eigenvalue weighted by atomic mass is 10.2. The number of anilines is 2. The van der Waals surface area contributed by atoms with Crippen LogP contribution in [0.25, 0.3) is 0 Å². The van der Waals surface area contributed by atoms with Crippen molar-refractivity contribution in [3.05, 3.63) is 77.1 Å². The highest BCUT2D eigenvalue weighted by Gasteiger charge is 2.14. The van der Waals surface area contributed by atoms with E-state index in [0.717, 1.165) is 5.56 Å². The standard InChI is InChI=1S/C22H22ClN5O2S/c1-28(2)13-20(29)27-19-12-15(9-11-24-19)14-31-22-18(4-3-10-25-22)21(30)26-17-7-5-16(23)6-8-17/h3-12H,13-14H2,1-2H3,(H,26,30)(H,24,27,29). The maximum absolute atomic E-state index is 12.7. The van der Waals surface area contributed by atoms with Gasteiger partial charge in [-0.3, -0.25) is 9.59 Å². The van der Waals surface area contributed by atoms with Crippen molar-refractivity contribution in [1.29, 1.82) is 0 Å². The Morgan fingerprint density at radius 1 is 1.03 bits per heavy atom. The summed E-state index contributed by atoms with van der Waals surface area (Å²) in [5.41, 5.74) is 2.09. The Hall–Kier alpha value is -2.94. The summed E-state index contributed by atoms with van der Waals surface area (Å²) in [6.07, 6.45) is 3.30. The average molecular weight is 456 g/mol. The summed E-state index contributed by atoms with van der Waals surface area (Å²) in [7, 11) is 3.65. The molecule has 3 rings (SSSR count). The molecule has 0 radical (unpaired) electrons. The van der Waals surface area contributed by atoms with Crippen molar-refractivity contribution in [2.45, 2.75) is 10.8 Å². The van der Waals surface area contributed by atoms with Crippen LogP contribution >= 0.6 is 23.4 Å². The maximum atomic E-state index is 12.7. The largest absolute Gasteiger partial charge is 0.322 e. The van der Waals surface area contributed by atoms with Gasteiger partial charge in [-0.15, -0.1) is 11.8 Å². The van der Waals surface area contributed by atoms with E-state index in [0.29, 0.717) is 32.9 Å². The summed E-state index contributed by atoms with van der Waals surface area (Å²) in [5, 5.41) is 6.86. The van der Waals surface area contributed by atoms with E-state index in [2.05, 4.69) is 20.6 Å². The van der Waals surface area contributed by atoms with Crippen LogP contribution in [0.3, 0.4) is 0 Å². The minimum Gasteiger partial charge on any atom is -0.322 e. The van der Waals surface area contributed by atoms with Crippen molar-refractivity contribution < 1.29 is 9.59 Å². The Kier molecular flexibility index (Phi) is 8.00. The van der Waals surface area contributed by atoms with Gasteiger partial charge in [0.1, 0.15) is 10.8 Å². The zero-order valence-electron chi connectivity index (χ0n) is 17.1. The van der Waals surface area contributed by atoms with Crippen LogP contribution in [-0.4, -0.2) is 47.3 Å². The van der Waals surface area contributed by atoms with Crippen LogP contribution in [0.1, 0.15) is 15.9 Å². The Morgan fingerprint density at radius 2 is 1.81 bits per heavy atom. The van der Waals surface area contributed by atoms with Gasteiger partial charge < -0.3 is 15.5 Å². The van der Waals surface area contributed by atoms with E-state index in [1.54, 1.807) is 53.7 Å². The Balaban J connectivity index is 1.66. The lowest BCUT2D eigenvalue weighted by Gasteiger charge is -2.11. The molecule has 0 atom stereocenters. The third-order valence-electron chi connectivity index (χ3n) is 4.05. The monoisotopic (exact) mass is 455 g/mol. The molecule has 0 saturated carbocycles. The number of hydrogen-bond acceptors (Lipinski definition) is 6. The number of hydrogen-bond donors (Lipinski definition) is 2. The van der Waals surface area contributed by atoms with Gasteiger partial charge in [0, 0.05) is 28.9 Å². The smallest absolute Gasteiger partial charge is 0.258 e. The first kappa shape index (κ1) is 22.7. The molecule has 0 bridgehead atoms. The highest BCUT2D eigenvalue weighted by Crippen LogP contribution is 2.26. The average Bonchev–Trinajstić information content (AvgIpc) is 2.73. The predicted octanol–water partition coefficient (Wildman–Crippen LogP) is 4.17. The van der Waals surface area contributed by atoms with Crippen LogP contribution in [-0.2, 0) is 10.5 Å². The third kappa shape index (κ3) is 7.06. The van der Waals surface area contributed by atoms with Crippen molar-refractivity contribution in [2.75, 3.05) is 31.3 Å². The van der Waals surface area contributed by atoms with Crippen molar-refractivity contribution in [2.24, 2.45) is 0 Å². The SMILES string of the molecule is CN(C)CC(=O)Nc1cc(CSc2ncccc2C(=O)Nc2ccc(Cl)cc2)ccn1. The second-order valence-electron chi connectivity index (χ2n) is 6.94. The lowest BCUT2D eigenvalue weighted by molar-refractivity contribution is -0.116. The molecular weight excluding hydrogens is 434 g/mol. The molecule has 2 N–H and O–H groups in total. The van der Waals surface area contributed by atoms with Crippen LogP contribution in [0, 0.1) is 0 Å². The Morgan fingerprint density at radius 3 is 2.55 bits per heavy atom. The van der Waals surface area contributed by atoms with E-state index in [4.69, 9.17) is 11.6 Å². The number of likely N-dealkylation sites (N-methyl/N-ethyl adjacent to an activating group) is 1. The first-order valence-electron chi connectivity index (χ1n) is 9.45. The number of benzene rings is 1. The normalized spacial score (nSPS) is 10.7. The molecule has 3 aromatic rings. The number of halogens is 1. The molecule has 2 amide bonds. The van der Waals surface area contributed by atoms with Crippen LogP contribution in [0.4, 0.5) is 11.5 Å². The van der Waals surface area contributed by atoms with Gasteiger partial charge in [-0.05, 0) is 68.2 Å². The van der Waals surface area contributed by atoms with Crippen LogP contribution in [0.15, 0.2) is 66.0 Å². The number of nitrogens with one attached hydrogen (secondary N) is 2. The van der Waals surface area contributed by atoms with Crippen molar-refractivity contribution >= 4 is 46.7 Å². The zero-order valence-corrected chi connectivity index (χ0v) is 18.7. The molecule has 0 aliphatic heterocycles. The number of rotatable bonds is 8. The molecule has 2 heterocycles. The number of carbonyl (C=O) groups is 2. The van der Waals surface area contributed by atoms with Crippen LogP contribution in [0.2, 0.25) is 5.02 Å². The molecule has 160 valence electrons. The van der Waals surface area contributed by atoms with Gasteiger partial charge in [0.05, 0.1) is 12.1 Å². The number of pyridine rings is 2. The zero-order chi connectivity index (χ0) is 22.2. The van der Waals surface area contributed by atoms with Gasteiger partial charge >= 0.3 is 0 Å². The van der Waals surface area contributed by atoms with Crippen molar-refractivity contribution in [3.63, 3.8) is 0 Å². The lowest BCUT2D eigenvalue weighted by Crippen LogP contribution is -2.27. The van der Waals surface area contributed by atoms with Crippen LogP contribution in [0.5, 0.6) is 0 Å². The maximum Gasteiger partial charge on any atom is 0.258 e. The number of carbonyl (C=O) groups excluding carboxylic acids is 2. The first-order valence-corrected chi connectivity index (χ1v) is 10.8. The van der Waals surface area contributed by atoms with Crippen molar-refractivity contribution in [1.82, 2.24) is 14.9 Å². The predicted molar refractivity (Wildman–Crippen MR) is 125 cm³/mol. The molecular formula is C22H22ClN5O2S. The summed E-state index contributed by atoms with van der Waals surface area (Å²) < 4.78 is 0. The van der Waals surface area contributed by atoms with Gasteiger partial charge in [-0.25, -0.2) is 9.97 Å². The summed E-state index contributed by atoms with van der Waals surface area (Å²) in [6, 6.07) is 14.1. The topological polar surface area (TPSA) is 87.2 Å². The molecule has 0 saturated heterocycles. The highest BCUT2D eigenvalue weighted by atomic mass is 35.5. The van der Waals surface area contributed by atoms with Crippen molar-refractivity contribution in [3.8, 4) is 0 Å². The molecule has 7 nitrogen and oxygen atoms in total. The third-order valence-corrected chi connectivity index (χ3v) is 5.37. The highest BCUT2D eigenvalue weighted by molar-refractivity contribution is 7.98. The number of aromatic nitrogens is 2. The molecule has 0 unspecified atom stereocenters. The molecule has 0 fully saturated rings. The molecule has 9 heteroatoms. The van der Waals surface area contributed by atoms with E-state index in [1.807, 2.05) is 26.2 Å². The second kappa shape index (κ2) is 10.9. The number of amides is 2. The van der Waals surface area contributed by atoms with E-state index in [-0.39, 0.29) is 18.4 Å². The Labute approximate surface area is 190 Å². The van der Waals surface area contributed by atoms with E-state index in [9.17, 15) is 9.59 Å². The molecule has 2 aromatic heterocycles. The van der Waals surface area contributed by atoms with Gasteiger partial charge in [0.2, 0.25) is 5.91 Å². The van der Waals surface area contributed by atoms with E-state index in [1.165, 1.54) is 11.8 Å². The molecule has 0 spiro atoms. The van der Waals surface area contributed by atoms with E-state index < -0.39 is 0 Å². The number of thioether (sulfide) groups is 1. The minimum absolute atomic E-state index is 0.131. The van der Waals surface area contributed by atoms with Crippen LogP contribution < -0.4 is 10.6 Å². The fraction of sp³-hybridized carbons (Fsp3) is 0.182. The number of nitrogens with zero attached hydrogens (tertiary/aromatic N) is 3. The van der Waals surface area contributed by atoms with Gasteiger partial charge in [-0.2, -0.15) is 0 Å². The molecule has 0 aliphatic rings.